The van der Waals surface area contributed by atoms with Gasteiger partial charge >= 0.3 is 11.9 Å². The van der Waals surface area contributed by atoms with Gasteiger partial charge < -0.3 is 14.8 Å². The molecule has 0 bridgehead atoms. The topological polar surface area (TPSA) is 162 Å². The third-order valence-electron chi connectivity index (χ3n) is 5.80. The predicted octanol–water partition coefficient (Wildman–Crippen LogP) is 4.11. The Bertz CT molecular complexity index is 1300. The van der Waals surface area contributed by atoms with Gasteiger partial charge in [0.1, 0.15) is 15.4 Å². The number of anilines is 1. The fourth-order valence-electron chi connectivity index (χ4n) is 4.03. The summed E-state index contributed by atoms with van der Waals surface area (Å²) >= 11 is 0.938. The van der Waals surface area contributed by atoms with Crippen LogP contribution in [0.1, 0.15) is 85.8 Å². The Kier molecular flexibility index (Phi) is 9.29. The second kappa shape index (κ2) is 12.4. The highest BCUT2D eigenvalue weighted by molar-refractivity contribution is 7.18. The summed E-state index contributed by atoms with van der Waals surface area (Å²) in [5.74, 6) is -2.92. The van der Waals surface area contributed by atoms with Crippen LogP contribution in [0.4, 0.5) is 10.7 Å². The van der Waals surface area contributed by atoms with Crippen molar-refractivity contribution in [3.8, 4) is 0 Å². The van der Waals surface area contributed by atoms with E-state index in [4.69, 9.17) is 9.47 Å². The second-order valence-electron chi connectivity index (χ2n) is 8.28. The molecule has 202 valence electrons. The van der Waals surface area contributed by atoms with Crippen LogP contribution in [-0.4, -0.2) is 59.2 Å². The first kappa shape index (κ1) is 28.4. The number of esters is 2. The van der Waals surface area contributed by atoms with Crippen molar-refractivity contribution in [3.05, 3.63) is 55.4 Å². The molecule has 3 rings (SSSR count). The van der Waals surface area contributed by atoms with E-state index in [1.807, 2.05) is 0 Å². The molecular formula is C25H27N3O9S. The maximum atomic E-state index is 12.6. The van der Waals surface area contributed by atoms with Crippen LogP contribution in [0.5, 0.6) is 0 Å². The lowest BCUT2D eigenvalue weighted by atomic mass is 10.1. The number of nitro benzene ring substituents is 1. The summed E-state index contributed by atoms with van der Waals surface area (Å²) in [6.45, 7) is 5.23. The SMILES string of the molecule is CCOC(=O)c1sc(NC(=O)CCCCCN2C(=O)c3cccc([N+](=O)[O-])c3C2=O)c(C(=O)OCC)c1C. The van der Waals surface area contributed by atoms with Gasteiger partial charge in [-0.25, -0.2) is 9.59 Å². The number of ether oxygens (including phenoxy) is 2. The number of carbonyl (C=O) groups is 5. The van der Waals surface area contributed by atoms with Crippen molar-refractivity contribution in [1.82, 2.24) is 4.90 Å². The number of nitrogens with one attached hydrogen (secondary N) is 1. The lowest BCUT2D eigenvalue weighted by Crippen LogP contribution is -2.30. The Hall–Kier alpha value is -4.13. The van der Waals surface area contributed by atoms with Gasteiger partial charge in [-0.1, -0.05) is 12.5 Å². The Morgan fingerprint density at radius 2 is 1.71 bits per heavy atom. The van der Waals surface area contributed by atoms with E-state index >= 15 is 0 Å². The van der Waals surface area contributed by atoms with Gasteiger partial charge in [0.2, 0.25) is 5.91 Å². The van der Waals surface area contributed by atoms with Gasteiger partial charge in [-0.2, -0.15) is 0 Å². The molecule has 12 nitrogen and oxygen atoms in total. The van der Waals surface area contributed by atoms with E-state index in [2.05, 4.69) is 5.32 Å². The van der Waals surface area contributed by atoms with E-state index in [9.17, 15) is 34.1 Å². The number of nitrogens with zero attached hydrogens (tertiary/aromatic N) is 2. The van der Waals surface area contributed by atoms with Crippen LogP contribution in [0, 0.1) is 17.0 Å². The van der Waals surface area contributed by atoms with Gasteiger partial charge in [0.15, 0.2) is 0 Å². The summed E-state index contributed by atoms with van der Waals surface area (Å²) in [4.78, 5) is 74.2. The average molecular weight is 546 g/mol. The van der Waals surface area contributed by atoms with Crippen LogP contribution in [0.25, 0.3) is 0 Å². The average Bonchev–Trinajstić information content (AvgIpc) is 3.32. The zero-order valence-electron chi connectivity index (χ0n) is 21.2. The summed E-state index contributed by atoms with van der Waals surface area (Å²) in [6, 6.07) is 3.93. The molecule has 0 radical (unpaired) electrons. The van der Waals surface area contributed by atoms with Crippen molar-refractivity contribution in [3.63, 3.8) is 0 Å². The van der Waals surface area contributed by atoms with Crippen molar-refractivity contribution in [1.29, 1.82) is 0 Å². The van der Waals surface area contributed by atoms with E-state index in [0.717, 1.165) is 16.2 Å². The molecule has 0 saturated heterocycles. The van der Waals surface area contributed by atoms with Crippen molar-refractivity contribution >= 4 is 51.7 Å². The van der Waals surface area contributed by atoms with Crippen LogP contribution in [0.2, 0.25) is 0 Å². The molecule has 1 N–H and O–H groups in total. The number of hydrogen-bond donors (Lipinski definition) is 1. The number of carbonyl (C=O) groups excluding carboxylic acids is 5. The zero-order chi connectivity index (χ0) is 28.0. The summed E-state index contributed by atoms with van der Waals surface area (Å²) in [6.07, 6.45) is 1.39. The molecule has 1 aliphatic rings. The molecule has 2 heterocycles. The normalized spacial score (nSPS) is 12.3. The maximum Gasteiger partial charge on any atom is 0.348 e. The van der Waals surface area contributed by atoms with Crippen molar-refractivity contribution in [2.75, 3.05) is 25.1 Å². The zero-order valence-corrected chi connectivity index (χ0v) is 22.0. The molecule has 2 aromatic rings. The molecule has 0 spiro atoms. The van der Waals surface area contributed by atoms with E-state index in [1.165, 1.54) is 18.2 Å². The molecule has 1 aromatic carbocycles. The number of rotatable bonds is 12. The van der Waals surface area contributed by atoms with E-state index in [0.29, 0.717) is 24.8 Å². The highest BCUT2D eigenvalue weighted by Gasteiger charge is 2.40. The quantitative estimate of drug-likeness (QED) is 0.136. The van der Waals surface area contributed by atoms with Crippen molar-refractivity contribution < 1.29 is 38.4 Å². The fourth-order valence-corrected chi connectivity index (χ4v) is 5.14. The first-order valence-corrected chi connectivity index (χ1v) is 12.8. The number of fused-ring (bicyclic) bond motifs is 1. The Labute approximate surface area is 222 Å². The lowest BCUT2D eigenvalue weighted by Gasteiger charge is -2.13. The fraction of sp³-hybridized carbons (Fsp3) is 0.400. The summed E-state index contributed by atoms with van der Waals surface area (Å²) < 4.78 is 10.1. The van der Waals surface area contributed by atoms with Crippen LogP contribution < -0.4 is 5.32 Å². The van der Waals surface area contributed by atoms with Gasteiger partial charge in [-0.05, 0) is 45.2 Å². The highest BCUT2D eigenvalue weighted by Crippen LogP contribution is 2.35. The molecule has 0 fully saturated rings. The number of unbranched alkanes of at least 4 members (excludes halogenated alkanes) is 2. The predicted molar refractivity (Wildman–Crippen MR) is 137 cm³/mol. The standard InChI is InChI=1S/C25H27N3O9S/c1-4-36-24(32)18-14(3)20(25(33)37-5-2)38-21(18)26-17(29)12-7-6-8-13-27-22(30)15-10-9-11-16(28(34)35)19(15)23(27)31/h9-11H,4-8,12-13H2,1-3H3,(H,26,29). The third kappa shape index (κ3) is 5.88. The first-order valence-electron chi connectivity index (χ1n) is 12.0. The van der Waals surface area contributed by atoms with Crippen LogP contribution in [-0.2, 0) is 14.3 Å². The van der Waals surface area contributed by atoms with E-state index in [-0.39, 0.29) is 58.7 Å². The molecule has 1 aliphatic heterocycles. The minimum Gasteiger partial charge on any atom is -0.462 e. The van der Waals surface area contributed by atoms with Gasteiger partial charge in [-0.3, -0.25) is 29.4 Å². The van der Waals surface area contributed by atoms with Crippen LogP contribution >= 0.6 is 11.3 Å². The number of benzene rings is 1. The number of hydrogen-bond acceptors (Lipinski definition) is 10. The molecule has 0 atom stereocenters. The molecule has 0 unspecified atom stereocenters. The number of thiophene rings is 1. The van der Waals surface area contributed by atoms with Gasteiger partial charge in [0, 0.05) is 19.0 Å². The Morgan fingerprint density at radius 1 is 1.03 bits per heavy atom. The molecule has 0 aliphatic carbocycles. The van der Waals surface area contributed by atoms with E-state index < -0.39 is 34.4 Å². The molecule has 0 saturated carbocycles. The largest absolute Gasteiger partial charge is 0.462 e. The van der Waals surface area contributed by atoms with Crippen LogP contribution in [0.15, 0.2) is 18.2 Å². The smallest absolute Gasteiger partial charge is 0.348 e. The molecule has 3 amide bonds. The van der Waals surface area contributed by atoms with Gasteiger partial charge in [-0.15, -0.1) is 11.3 Å². The highest BCUT2D eigenvalue weighted by atomic mass is 32.1. The Morgan fingerprint density at radius 3 is 2.37 bits per heavy atom. The minimum absolute atomic E-state index is 0.00871. The summed E-state index contributed by atoms with van der Waals surface area (Å²) in [7, 11) is 0. The number of nitro groups is 1. The first-order chi connectivity index (χ1) is 18.1. The monoisotopic (exact) mass is 545 g/mol. The van der Waals surface area contributed by atoms with Gasteiger partial charge in [0.05, 0.1) is 29.3 Å². The number of amides is 3. The van der Waals surface area contributed by atoms with Crippen molar-refractivity contribution in [2.24, 2.45) is 0 Å². The lowest BCUT2D eigenvalue weighted by molar-refractivity contribution is -0.385. The summed E-state index contributed by atoms with van der Waals surface area (Å²) in [5, 5.41) is 14.1. The van der Waals surface area contributed by atoms with Crippen LogP contribution in [0.3, 0.4) is 0 Å². The molecule has 1 aromatic heterocycles. The van der Waals surface area contributed by atoms with E-state index in [1.54, 1.807) is 20.8 Å². The molecule has 13 heteroatoms. The number of imide groups is 1. The second-order valence-corrected chi connectivity index (χ2v) is 9.30. The van der Waals surface area contributed by atoms with Crippen molar-refractivity contribution in [2.45, 2.75) is 46.5 Å². The Balaban J connectivity index is 1.56. The third-order valence-corrected chi connectivity index (χ3v) is 6.99. The molecular weight excluding hydrogens is 518 g/mol. The van der Waals surface area contributed by atoms with Gasteiger partial charge in [0.25, 0.3) is 17.5 Å². The maximum absolute atomic E-state index is 12.6. The minimum atomic E-state index is -0.702. The summed E-state index contributed by atoms with van der Waals surface area (Å²) in [5.41, 5.74) is -0.129. The molecule has 38 heavy (non-hydrogen) atoms.